The molecule has 1 amide bonds. The van der Waals surface area contributed by atoms with Gasteiger partial charge in [0, 0.05) is 12.8 Å². The van der Waals surface area contributed by atoms with E-state index in [2.05, 4.69) is 0 Å². The minimum atomic E-state index is -3.82. The molecule has 0 bridgehead atoms. The van der Waals surface area contributed by atoms with Gasteiger partial charge in [0.25, 0.3) is 0 Å². The Morgan fingerprint density at radius 1 is 1.32 bits per heavy atom. The zero-order valence-electron chi connectivity index (χ0n) is 11.5. The molecule has 0 radical (unpaired) electrons. The van der Waals surface area contributed by atoms with E-state index in [0.717, 1.165) is 11.2 Å². The van der Waals surface area contributed by atoms with Crippen LogP contribution in [-0.2, 0) is 19.4 Å². The molecular formula is C11H19NO6S. The van der Waals surface area contributed by atoms with Crippen molar-refractivity contribution < 1.29 is 27.9 Å². The van der Waals surface area contributed by atoms with Crippen LogP contribution in [0.2, 0.25) is 0 Å². The van der Waals surface area contributed by atoms with Crippen molar-refractivity contribution in [1.82, 2.24) is 4.90 Å². The van der Waals surface area contributed by atoms with Crippen molar-refractivity contribution in [2.75, 3.05) is 19.3 Å². The summed E-state index contributed by atoms with van der Waals surface area (Å²) in [5.41, 5.74) is -0.712. The molecule has 0 aromatic rings. The van der Waals surface area contributed by atoms with Crippen molar-refractivity contribution in [2.24, 2.45) is 0 Å². The Bertz CT molecular complexity index is 492. The molecule has 1 saturated heterocycles. The number of carboxylic acids is 1. The summed E-state index contributed by atoms with van der Waals surface area (Å²) in [7, 11) is -3.82. The molecule has 1 N–H and O–H groups in total. The fraction of sp³-hybridized carbons (Fsp3) is 0.818. The summed E-state index contributed by atoms with van der Waals surface area (Å²) >= 11 is 0. The highest BCUT2D eigenvalue weighted by molar-refractivity contribution is 7.92. The number of rotatable bonds is 2. The molecule has 1 aliphatic rings. The third-order valence-electron chi connectivity index (χ3n) is 2.98. The molecule has 1 unspecified atom stereocenters. The first-order valence-corrected chi connectivity index (χ1v) is 7.69. The molecule has 19 heavy (non-hydrogen) atoms. The number of amides is 1. The minimum Gasteiger partial charge on any atom is -0.480 e. The Morgan fingerprint density at radius 2 is 1.84 bits per heavy atom. The first-order valence-electron chi connectivity index (χ1n) is 5.80. The van der Waals surface area contributed by atoms with Gasteiger partial charge in [0.15, 0.2) is 14.6 Å². The molecule has 1 atom stereocenters. The number of hydrogen-bond acceptors (Lipinski definition) is 5. The Kier molecular flexibility index (Phi) is 3.86. The van der Waals surface area contributed by atoms with Crippen LogP contribution in [0.15, 0.2) is 0 Å². The summed E-state index contributed by atoms with van der Waals surface area (Å²) in [6.45, 7) is 4.72. The van der Waals surface area contributed by atoms with E-state index in [1.807, 2.05) is 0 Å². The normalized spacial score (nSPS) is 24.3. The predicted molar refractivity (Wildman–Crippen MR) is 67.6 cm³/mol. The molecule has 0 aromatic heterocycles. The Morgan fingerprint density at radius 3 is 2.16 bits per heavy atom. The lowest BCUT2D eigenvalue weighted by Gasteiger charge is -2.26. The fourth-order valence-corrected chi connectivity index (χ4v) is 3.07. The average molecular weight is 293 g/mol. The van der Waals surface area contributed by atoms with E-state index in [4.69, 9.17) is 4.74 Å². The number of nitrogens with zero attached hydrogens (tertiary/aromatic N) is 1. The largest absolute Gasteiger partial charge is 0.480 e. The maximum Gasteiger partial charge on any atom is 0.410 e. The van der Waals surface area contributed by atoms with Crippen molar-refractivity contribution in [1.29, 1.82) is 0 Å². The highest BCUT2D eigenvalue weighted by Crippen LogP contribution is 2.30. The maximum absolute atomic E-state index is 11.8. The van der Waals surface area contributed by atoms with E-state index in [9.17, 15) is 23.1 Å². The van der Waals surface area contributed by atoms with Crippen LogP contribution in [0.1, 0.15) is 27.2 Å². The quantitative estimate of drug-likeness (QED) is 0.795. The van der Waals surface area contributed by atoms with Crippen LogP contribution in [0.25, 0.3) is 0 Å². The molecule has 0 spiro atoms. The topological polar surface area (TPSA) is 101 Å². The lowest BCUT2D eigenvalue weighted by atomic mass is 10.1. The van der Waals surface area contributed by atoms with E-state index < -0.39 is 32.2 Å². The van der Waals surface area contributed by atoms with E-state index in [1.165, 1.54) is 0 Å². The number of carbonyl (C=O) groups excluding carboxylic acids is 1. The average Bonchev–Trinajstić information content (AvgIpc) is 2.58. The minimum absolute atomic E-state index is 0.0499. The van der Waals surface area contributed by atoms with Gasteiger partial charge in [0.2, 0.25) is 0 Å². The van der Waals surface area contributed by atoms with Gasteiger partial charge in [-0.1, -0.05) is 0 Å². The van der Waals surface area contributed by atoms with E-state index in [1.54, 1.807) is 20.8 Å². The number of likely N-dealkylation sites (tertiary alicyclic amines) is 1. The summed E-state index contributed by atoms with van der Waals surface area (Å²) in [5.74, 6) is -1.43. The highest BCUT2D eigenvalue weighted by Gasteiger charge is 2.54. The third kappa shape index (κ3) is 3.17. The summed E-state index contributed by atoms with van der Waals surface area (Å²) in [6, 6.07) is 0. The molecule has 1 rings (SSSR count). The van der Waals surface area contributed by atoms with Gasteiger partial charge in [-0.25, -0.2) is 13.2 Å². The molecular weight excluding hydrogens is 274 g/mol. The van der Waals surface area contributed by atoms with Crippen molar-refractivity contribution in [3.8, 4) is 0 Å². The van der Waals surface area contributed by atoms with Gasteiger partial charge in [-0.2, -0.15) is 0 Å². The number of sulfone groups is 1. The zero-order chi connectivity index (χ0) is 15.1. The highest BCUT2D eigenvalue weighted by atomic mass is 32.2. The molecule has 1 heterocycles. The first-order chi connectivity index (χ1) is 8.39. The Hall–Kier alpha value is -1.31. The fourth-order valence-electron chi connectivity index (χ4n) is 1.90. The SMILES string of the molecule is CC(C)(C)OC(=O)N1CCC(C(=O)O)(S(C)(=O)=O)C1. The molecule has 7 nitrogen and oxygen atoms in total. The number of hydrogen-bond donors (Lipinski definition) is 1. The van der Waals surface area contributed by atoms with Crippen molar-refractivity contribution in [2.45, 2.75) is 37.5 Å². The number of carboxylic acid groups (broad SMARTS) is 1. The molecule has 0 aromatic carbocycles. The smallest absolute Gasteiger partial charge is 0.410 e. The molecule has 0 saturated carbocycles. The lowest BCUT2D eigenvalue weighted by Crippen LogP contribution is -2.49. The Labute approximate surface area is 112 Å². The van der Waals surface area contributed by atoms with Crippen molar-refractivity contribution >= 4 is 21.9 Å². The second-order valence-electron chi connectivity index (χ2n) is 5.72. The van der Waals surface area contributed by atoms with Crippen LogP contribution in [0.4, 0.5) is 4.79 Å². The molecule has 1 fully saturated rings. The third-order valence-corrected chi connectivity index (χ3v) is 4.91. The van der Waals surface area contributed by atoms with Crippen LogP contribution in [0.5, 0.6) is 0 Å². The second kappa shape index (κ2) is 4.66. The van der Waals surface area contributed by atoms with E-state index in [0.29, 0.717) is 0 Å². The van der Waals surface area contributed by atoms with Crippen LogP contribution in [-0.4, -0.2) is 60.2 Å². The Balaban J connectivity index is 2.93. The summed E-state index contributed by atoms with van der Waals surface area (Å²) in [6.07, 6.45) is 0.0550. The molecule has 8 heteroatoms. The molecule has 1 aliphatic heterocycles. The van der Waals surface area contributed by atoms with Crippen LogP contribution in [0, 0.1) is 0 Å². The lowest BCUT2D eigenvalue weighted by molar-refractivity contribution is -0.139. The van der Waals surface area contributed by atoms with Crippen molar-refractivity contribution in [3.05, 3.63) is 0 Å². The summed E-state index contributed by atoms with van der Waals surface area (Å²) in [4.78, 5) is 24.2. The van der Waals surface area contributed by atoms with Gasteiger partial charge in [-0.15, -0.1) is 0 Å². The second-order valence-corrected chi connectivity index (χ2v) is 8.05. The predicted octanol–water partition coefficient (Wildman–Crippen LogP) is 0.495. The standard InChI is InChI=1S/C11H19NO6S/c1-10(2,3)18-9(15)12-6-5-11(7-12,8(13)14)19(4,16)17/h5-7H2,1-4H3,(H,13,14). The number of aliphatic carboxylic acids is 1. The van der Waals surface area contributed by atoms with Gasteiger partial charge in [-0.05, 0) is 27.2 Å². The summed E-state index contributed by atoms with van der Waals surface area (Å²) < 4.78 is 26.6. The van der Waals surface area contributed by atoms with Crippen LogP contribution >= 0.6 is 0 Å². The number of carbonyl (C=O) groups is 2. The first kappa shape index (κ1) is 15.7. The molecule has 0 aliphatic carbocycles. The monoisotopic (exact) mass is 293 g/mol. The van der Waals surface area contributed by atoms with Gasteiger partial charge in [0.1, 0.15) is 5.60 Å². The van der Waals surface area contributed by atoms with Gasteiger partial charge in [-0.3, -0.25) is 4.79 Å². The molecule has 110 valence electrons. The summed E-state index contributed by atoms with van der Waals surface area (Å²) in [5, 5.41) is 9.17. The van der Waals surface area contributed by atoms with Crippen LogP contribution in [0.3, 0.4) is 0 Å². The van der Waals surface area contributed by atoms with E-state index >= 15 is 0 Å². The van der Waals surface area contributed by atoms with Gasteiger partial charge in [0.05, 0.1) is 6.54 Å². The zero-order valence-corrected chi connectivity index (χ0v) is 12.3. The van der Waals surface area contributed by atoms with E-state index in [-0.39, 0.29) is 19.5 Å². The number of ether oxygens (including phenoxy) is 1. The van der Waals surface area contributed by atoms with Gasteiger partial charge < -0.3 is 14.7 Å². The van der Waals surface area contributed by atoms with Gasteiger partial charge >= 0.3 is 12.1 Å². The van der Waals surface area contributed by atoms with Crippen LogP contribution < -0.4 is 0 Å². The van der Waals surface area contributed by atoms with Crippen molar-refractivity contribution in [3.63, 3.8) is 0 Å². The maximum atomic E-state index is 11.8.